The van der Waals surface area contributed by atoms with E-state index in [0.29, 0.717) is 11.3 Å². The smallest absolute Gasteiger partial charge is 0.324 e. The van der Waals surface area contributed by atoms with Crippen LogP contribution < -0.4 is 9.60 Å². The zero-order valence-electron chi connectivity index (χ0n) is 9.50. The van der Waals surface area contributed by atoms with Crippen molar-refractivity contribution in [1.29, 1.82) is 0 Å². The van der Waals surface area contributed by atoms with E-state index in [1.165, 1.54) is 6.92 Å². The Bertz CT molecular complexity index is 599. The zero-order valence-corrected chi connectivity index (χ0v) is 11.1. The summed E-state index contributed by atoms with van der Waals surface area (Å²) in [4.78, 5) is 23.5. The number of aromatic nitrogens is 1. The molecule has 102 valence electrons. The van der Waals surface area contributed by atoms with E-state index < -0.39 is 33.0 Å². The van der Waals surface area contributed by atoms with Gasteiger partial charge in [0.15, 0.2) is 4.21 Å². The van der Waals surface area contributed by atoms with Gasteiger partial charge in [-0.1, -0.05) is 11.3 Å². The lowest BCUT2D eigenvalue weighted by Gasteiger charge is -2.16. The molecular weight excluding hydrogens is 284 g/mol. The minimum atomic E-state index is -4.16. The summed E-state index contributed by atoms with van der Waals surface area (Å²) in [6.07, 6.45) is -1.41. The summed E-state index contributed by atoms with van der Waals surface area (Å²) in [7, 11) is -4.16. The van der Waals surface area contributed by atoms with Crippen molar-refractivity contribution in [3.8, 4) is 0 Å². The SMILES string of the molecule is Cc1[nH]c(=O)sc1S(=O)(=O)NC(C(=O)O)C(C)O. The maximum absolute atomic E-state index is 11.9. The van der Waals surface area contributed by atoms with Crippen LogP contribution in [0.1, 0.15) is 12.6 Å². The van der Waals surface area contributed by atoms with Crippen LogP contribution in [-0.2, 0) is 14.8 Å². The summed E-state index contributed by atoms with van der Waals surface area (Å²) >= 11 is 0.451. The zero-order chi connectivity index (χ0) is 14.1. The lowest BCUT2D eigenvalue weighted by Crippen LogP contribution is -2.47. The molecule has 1 heterocycles. The third-order valence-corrected chi connectivity index (χ3v) is 5.10. The monoisotopic (exact) mass is 296 g/mol. The number of carboxylic acid groups (broad SMARTS) is 1. The van der Waals surface area contributed by atoms with E-state index in [9.17, 15) is 23.1 Å². The van der Waals surface area contributed by atoms with Crippen LogP contribution in [0.3, 0.4) is 0 Å². The van der Waals surface area contributed by atoms with E-state index in [1.54, 1.807) is 0 Å². The maximum Gasteiger partial charge on any atom is 0.324 e. The van der Waals surface area contributed by atoms with Gasteiger partial charge in [-0.15, -0.1) is 0 Å². The van der Waals surface area contributed by atoms with Crippen molar-refractivity contribution in [2.75, 3.05) is 0 Å². The number of hydrogen-bond acceptors (Lipinski definition) is 6. The number of aromatic amines is 1. The molecule has 0 spiro atoms. The van der Waals surface area contributed by atoms with E-state index >= 15 is 0 Å². The molecule has 8 nitrogen and oxygen atoms in total. The first kappa shape index (κ1) is 14.8. The van der Waals surface area contributed by atoms with Crippen LogP contribution in [0, 0.1) is 6.92 Å². The average molecular weight is 296 g/mol. The van der Waals surface area contributed by atoms with Crippen molar-refractivity contribution < 1.29 is 23.4 Å². The van der Waals surface area contributed by atoms with E-state index in [2.05, 4.69) is 4.98 Å². The minimum absolute atomic E-state index is 0.118. The molecule has 0 fully saturated rings. The highest BCUT2D eigenvalue weighted by Gasteiger charge is 2.31. The van der Waals surface area contributed by atoms with Crippen molar-refractivity contribution in [3.05, 3.63) is 15.4 Å². The Labute approximate surface area is 106 Å². The molecule has 1 rings (SSSR count). The van der Waals surface area contributed by atoms with Crippen molar-refractivity contribution in [2.24, 2.45) is 0 Å². The highest BCUT2D eigenvalue weighted by Crippen LogP contribution is 2.16. The Balaban J connectivity index is 3.12. The van der Waals surface area contributed by atoms with Crippen LogP contribution in [0.5, 0.6) is 0 Å². The summed E-state index contributed by atoms with van der Waals surface area (Å²) in [5, 5.41) is 18.0. The molecule has 10 heteroatoms. The van der Waals surface area contributed by atoms with Crippen LogP contribution in [0.25, 0.3) is 0 Å². The second kappa shape index (κ2) is 5.18. The van der Waals surface area contributed by atoms with E-state index in [4.69, 9.17) is 5.11 Å². The molecule has 0 bridgehead atoms. The van der Waals surface area contributed by atoms with Crippen molar-refractivity contribution in [1.82, 2.24) is 9.71 Å². The summed E-state index contributed by atoms with van der Waals surface area (Å²) in [6.45, 7) is 2.53. The van der Waals surface area contributed by atoms with Crippen LogP contribution in [0.2, 0.25) is 0 Å². The molecule has 0 aliphatic carbocycles. The molecule has 1 aromatic heterocycles. The minimum Gasteiger partial charge on any atom is -0.480 e. The van der Waals surface area contributed by atoms with Gasteiger partial charge in [0.05, 0.1) is 6.10 Å². The number of nitrogens with one attached hydrogen (secondary N) is 2. The second-order valence-electron chi connectivity index (χ2n) is 3.60. The van der Waals surface area contributed by atoms with Gasteiger partial charge in [-0.05, 0) is 13.8 Å². The first-order valence-corrected chi connectivity index (χ1v) is 7.08. The van der Waals surface area contributed by atoms with Gasteiger partial charge >= 0.3 is 10.8 Å². The molecular formula is C8H12N2O6S2. The fraction of sp³-hybridized carbons (Fsp3) is 0.500. The van der Waals surface area contributed by atoms with Gasteiger partial charge in [0, 0.05) is 5.69 Å². The Hall–Kier alpha value is -1.23. The van der Waals surface area contributed by atoms with E-state index in [-0.39, 0.29) is 9.90 Å². The van der Waals surface area contributed by atoms with Gasteiger partial charge in [-0.25, -0.2) is 8.42 Å². The van der Waals surface area contributed by atoms with Gasteiger partial charge in [0.25, 0.3) is 10.0 Å². The lowest BCUT2D eigenvalue weighted by molar-refractivity contribution is -0.141. The highest BCUT2D eigenvalue weighted by molar-refractivity contribution is 7.91. The molecule has 0 radical (unpaired) electrons. The van der Waals surface area contributed by atoms with Gasteiger partial charge < -0.3 is 15.2 Å². The average Bonchev–Trinajstić information content (AvgIpc) is 2.54. The Kier molecular flexibility index (Phi) is 4.27. The Morgan fingerprint density at radius 3 is 2.39 bits per heavy atom. The molecule has 1 aromatic rings. The fourth-order valence-corrected chi connectivity index (χ4v) is 3.80. The maximum atomic E-state index is 11.9. The molecule has 0 amide bonds. The molecule has 2 unspecified atom stereocenters. The largest absolute Gasteiger partial charge is 0.480 e. The van der Waals surface area contributed by atoms with Crippen molar-refractivity contribution in [3.63, 3.8) is 0 Å². The van der Waals surface area contributed by atoms with Crippen LogP contribution in [0.4, 0.5) is 0 Å². The molecule has 2 atom stereocenters. The molecule has 0 aliphatic heterocycles. The standard InChI is InChI=1S/C8H12N2O6S2/c1-3-7(17-8(14)9-3)18(15,16)10-5(4(2)11)6(12)13/h4-5,10-11H,1-2H3,(H,9,14)(H,12,13). The molecule has 4 N–H and O–H groups in total. The first-order valence-electron chi connectivity index (χ1n) is 4.78. The number of rotatable bonds is 5. The summed E-state index contributed by atoms with van der Waals surface area (Å²) in [5.41, 5.74) is 0.118. The normalized spacial score (nSPS) is 15.3. The van der Waals surface area contributed by atoms with Crippen LogP contribution in [0.15, 0.2) is 9.00 Å². The molecule has 0 aromatic carbocycles. The van der Waals surface area contributed by atoms with E-state index in [1.807, 2.05) is 4.72 Å². The lowest BCUT2D eigenvalue weighted by atomic mass is 10.2. The second-order valence-corrected chi connectivity index (χ2v) is 6.50. The number of aliphatic hydroxyl groups is 1. The third-order valence-electron chi connectivity index (χ3n) is 2.06. The number of aryl methyl sites for hydroxylation is 1. The topological polar surface area (TPSA) is 137 Å². The Morgan fingerprint density at radius 1 is 1.50 bits per heavy atom. The number of sulfonamides is 1. The number of carboxylic acids is 1. The quantitative estimate of drug-likeness (QED) is 0.542. The first-order chi connectivity index (χ1) is 8.15. The number of aliphatic hydroxyl groups excluding tert-OH is 1. The highest BCUT2D eigenvalue weighted by atomic mass is 32.2. The van der Waals surface area contributed by atoms with Crippen LogP contribution in [-0.4, -0.2) is 41.7 Å². The van der Waals surface area contributed by atoms with Gasteiger partial charge in [0.2, 0.25) is 0 Å². The van der Waals surface area contributed by atoms with Crippen molar-refractivity contribution in [2.45, 2.75) is 30.2 Å². The predicted octanol–water partition coefficient (Wildman–Crippen LogP) is -1.14. The summed E-state index contributed by atoms with van der Waals surface area (Å²) in [6, 6.07) is -1.67. The Morgan fingerprint density at radius 2 is 2.06 bits per heavy atom. The molecule has 0 saturated heterocycles. The molecule has 18 heavy (non-hydrogen) atoms. The molecule has 0 saturated carbocycles. The van der Waals surface area contributed by atoms with Crippen molar-refractivity contribution >= 4 is 27.3 Å². The van der Waals surface area contributed by atoms with E-state index in [0.717, 1.165) is 6.92 Å². The van der Waals surface area contributed by atoms with Gasteiger partial charge in [0.1, 0.15) is 6.04 Å². The number of aliphatic carboxylic acids is 1. The number of thiazole rings is 1. The fourth-order valence-electron chi connectivity index (χ4n) is 1.22. The van der Waals surface area contributed by atoms with Gasteiger partial charge in [-0.3, -0.25) is 9.59 Å². The third kappa shape index (κ3) is 3.16. The summed E-state index contributed by atoms with van der Waals surface area (Å²) in [5.74, 6) is -1.51. The predicted molar refractivity (Wildman–Crippen MR) is 63.1 cm³/mol. The van der Waals surface area contributed by atoms with Gasteiger partial charge in [-0.2, -0.15) is 4.72 Å². The number of hydrogen-bond donors (Lipinski definition) is 4. The molecule has 0 aliphatic rings. The summed E-state index contributed by atoms with van der Waals surface area (Å²) < 4.78 is 25.2. The van der Waals surface area contributed by atoms with Crippen LogP contribution >= 0.6 is 11.3 Å². The number of H-pyrrole nitrogens is 1. The number of carbonyl (C=O) groups is 1.